The maximum atomic E-state index is 13.7. The highest BCUT2D eigenvalue weighted by Crippen LogP contribution is 2.32. The summed E-state index contributed by atoms with van der Waals surface area (Å²) in [5, 5.41) is 3.48. The lowest BCUT2D eigenvalue weighted by Crippen LogP contribution is -2.41. The van der Waals surface area contributed by atoms with Gasteiger partial charge in [-0.25, -0.2) is 8.42 Å². The molecule has 10 heteroatoms. The molecule has 0 aliphatic rings. The molecule has 0 saturated carbocycles. The number of halogens is 1. The van der Waals surface area contributed by atoms with Gasteiger partial charge in [0.25, 0.3) is 10.0 Å². The molecule has 1 amide bonds. The van der Waals surface area contributed by atoms with Gasteiger partial charge in [0.05, 0.1) is 24.8 Å². The smallest absolute Gasteiger partial charge is 0.264 e. The molecule has 0 radical (unpaired) electrons. The Balaban J connectivity index is 1.81. The Bertz CT molecular complexity index is 1290. The fourth-order valence-electron chi connectivity index (χ4n) is 3.59. The van der Waals surface area contributed by atoms with Crippen molar-refractivity contribution in [3.8, 4) is 11.5 Å². The highest BCUT2D eigenvalue weighted by atomic mass is 35.5. The first kappa shape index (κ1) is 27.7. The maximum absolute atomic E-state index is 13.7. The van der Waals surface area contributed by atoms with Gasteiger partial charge >= 0.3 is 0 Å². The summed E-state index contributed by atoms with van der Waals surface area (Å²) in [4.78, 5) is 13.9. The predicted octanol–water partition coefficient (Wildman–Crippen LogP) is 5.08. The monoisotopic (exact) mass is 548 g/mol. The number of methoxy groups -OCH3 is 2. The lowest BCUT2D eigenvalue weighted by atomic mass is 10.1. The molecule has 36 heavy (non-hydrogen) atoms. The number of hydrogen-bond donors (Lipinski definition) is 1. The molecule has 0 aromatic heterocycles. The van der Waals surface area contributed by atoms with Crippen molar-refractivity contribution >= 4 is 45.0 Å². The summed E-state index contributed by atoms with van der Waals surface area (Å²) < 4.78 is 39.1. The Morgan fingerprint density at radius 3 is 2.19 bits per heavy atom. The molecular formula is C26H29ClN2O5S2. The van der Waals surface area contributed by atoms with Gasteiger partial charge in [-0.15, -0.1) is 11.8 Å². The van der Waals surface area contributed by atoms with Crippen molar-refractivity contribution in [2.45, 2.75) is 23.6 Å². The van der Waals surface area contributed by atoms with Crippen LogP contribution in [0.25, 0.3) is 0 Å². The minimum absolute atomic E-state index is 0.00889. The van der Waals surface area contributed by atoms with E-state index in [1.807, 2.05) is 44.2 Å². The first-order chi connectivity index (χ1) is 17.1. The number of sulfonamides is 1. The quantitative estimate of drug-likeness (QED) is 0.266. The van der Waals surface area contributed by atoms with E-state index in [1.165, 1.54) is 32.4 Å². The first-order valence-corrected chi connectivity index (χ1v) is 13.9. The van der Waals surface area contributed by atoms with Crippen LogP contribution in [0.15, 0.2) is 70.5 Å². The van der Waals surface area contributed by atoms with Crippen molar-refractivity contribution < 1.29 is 22.7 Å². The van der Waals surface area contributed by atoms with E-state index in [-0.39, 0.29) is 17.2 Å². The number of benzene rings is 3. The van der Waals surface area contributed by atoms with Gasteiger partial charge in [0.15, 0.2) is 11.5 Å². The van der Waals surface area contributed by atoms with Crippen molar-refractivity contribution in [2.75, 3.05) is 37.4 Å². The molecule has 0 aliphatic carbocycles. The predicted molar refractivity (Wildman–Crippen MR) is 145 cm³/mol. The summed E-state index contributed by atoms with van der Waals surface area (Å²) >= 11 is 7.48. The van der Waals surface area contributed by atoms with Crippen molar-refractivity contribution in [1.29, 1.82) is 0 Å². The molecule has 0 unspecified atom stereocenters. The summed E-state index contributed by atoms with van der Waals surface area (Å²) in [6.07, 6.45) is 0. The SMILES string of the molecule is COc1ccc(S(=O)(=O)N(CC(=O)NCCSc2ccc(Cl)cc2)c2cc(C)cc(C)c2)cc1OC. The number of nitrogens with zero attached hydrogens (tertiary/aromatic N) is 1. The molecule has 1 N–H and O–H groups in total. The summed E-state index contributed by atoms with van der Waals surface area (Å²) in [6.45, 7) is 3.77. The van der Waals surface area contributed by atoms with Crippen LogP contribution in [0.4, 0.5) is 5.69 Å². The summed E-state index contributed by atoms with van der Waals surface area (Å²) in [6, 6.07) is 17.2. The molecule has 0 bridgehead atoms. The van der Waals surface area contributed by atoms with E-state index in [2.05, 4.69) is 5.32 Å². The standard InChI is InChI=1S/C26H29ClN2O5S2/c1-18-13-19(2)15-21(14-18)29(36(31,32)23-9-10-24(33-3)25(16-23)34-4)17-26(30)28-11-12-35-22-7-5-20(27)6-8-22/h5-10,13-16H,11-12,17H2,1-4H3,(H,28,30). The molecule has 0 fully saturated rings. The third-order valence-corrected chi connectivity index (χ3v) is 8.27. The number of carbonyl (C=O) groups excluding carboxylic acids is 1. The highest BCUT2D eigenvalue weighted by molar-refractivity contribution is 7.99. The van der Waals surface area contributed by atoms with Gasteiger partial charge in [-0.1, -0.05) is 17.7 Å². The van der Waals surface area contributed by atoms with E-state index < -0.39 is 15.9 Å². The second kappa shape index (κ2) is 12.4. The molecular weight excluding hydrogens is 520 g/mol. The number of amides is 1. The van der Waals surface area contributed by atoms with E-state index in [9.17, 15) is 13.2 Å². The fourth-order valence-corrected chi connectivity index (χ4v) is 5.91. The zero-order valence-corrected chi connectivity index (χ0v) is 23.0. The number of rotatable bonds is 11. The average Bonchev–Trinajstić information content (AvgIpc) is 2.85. The molecule has 0 aliphatic heterocycles. The number of nitrogens with one attached hydrogen (secondary N) is 1. The van der Waals surface area contributed by atoms with Crippen LogP contribution in [-0.2, 0) is 14.8 Å². The van der Waals surface area contributed by atoms with Gasteiger partial charge in [0.2, 0.25) is 5.91 Å². The number of thioether (sulfide) groups is 1. The number of anilines is 1. The zero-order chi connectivity index (χ0) is 26.3. The Morgan fingerprint density at radius 1 is 0.944 bits per heavy atom. The Labute approximate surface area is 221 Å². The normalized spacial score (nSPS) is 11.1. The molecule has 3 rings (SSSR count). The first-order valence-electron chi connectivity index (χ1n) is 11.1. The van der Waals surface area contributed by atoms with Crippen LogP contribution in [0.1, 0.15) is 11.1 Å². The third-order valence-electron chi connectivity index (χ3n) is 5.23. The van der Waals surface area contributed by atoms with Gasteiger partial charge in [0.1, 0.15) is 6.54 Å². The van der Waals surface area contributed by atoms with Crippen molar-refractivity contribution in [3.05, 3.63) is 76.8 Å². The molecule has 0 saturated heterocycles. The van der Waals surface area contributed by atoms with Crippen LogP contribution >= 0.6 is 23.4 Å². The van der Waals surface area contributed by atoms with E-state index in [4.69, 9.17) is 21.1 Å². The van der Waals surface area contributed by atoms with Crippen LogP contribution < -0.4 is 19.1 Å². The van der Waals surface area contributed by atoms with E-state index in [1.54, 1.807) is 23.9 Å². The van der Waals surface area contributed by atoms with Crippen LogP contribution in [-0.4, -0.2) is 47.4 Å². The van der Waals surface area contributed by atoms with Gasteiger partial charge in [0, 0.05) is 28.3 Å². The number of hydrogen-bond acceptors (Lipinski definition) is 6. The molecule has 192 valence electrons. The number of carbonyl (C=O) groups is 1. The van der Waals surface area contributed by atoms with Crippen LogP contribution in [0.5, 0.6) is 11.5 Å². The fraction of sp³-hybridized carbons (Fsp3) is 0.269. The van der Waals surface area contributed by atoms with Gasteiger partial charge < -0.3 is 14.8 Å². The van der Waals surface area contributed by atoms with Crippen molar-refractivity contribution in [2.24, 2.45) is 0 Å². The van der Waals surface area contributed by atoms with Crippen molar-refractivity contribution in [3.63, 3.8) is 0 Å². The Kier molecular flexibility index (Phi) is 9.53. The zero-order valence-electron chi connectivity index (χ0n) is 20.6. The minimum Gasteiger partial charge on any atom is -0.493 e. The van der Waals surface area contributed by atoms with E-state index in [0.29, 0.717) is 28.8 Å². The molecule has 3 aromatic rings. The Hall–Kier alpha value is -2.88. The van der Waals surface area contributed by atoms with Crippen LogP contribution in [0.2, 0.25) is 5.02 Å². The van der Waals surface area contributed by atoms with E-state index >= 15 is 0 Å². The van der Waals surface area contributed by atoms with E-state index in [0.717, 1.165) is 20.3 Å². The molecule has 0 heterocycles. The summed E-state index contributed by atoms with van der Waals surface area (Å²) in [5.74, 6) is 0.905. The highest BCUT2D eigenvalue weighted by Gasteiger charge is 2.28. The van der Waals surface area contributed by atoms with Gasteiger partial charge in [-0.05, 0) is 73.5 Å². The number of aryl methyl sites for hydroxylation is 2. The lowest BCUT2D eigenvalue weighted by Gasteiger charge is -2.25. The average molecular weight is 549 g/mol. The number of ether oxygens (including phenoxy) is 2. The molecule has 0 spiro atoms. The van der Waals surface area contributed by atoms with Gasteiger partial charge in [-0.3, -0.25) is 9.10 Å². The van der Waals surface area contributed by atoms with Crippen molar-refractivity contribution in [1.82, 2.24) is 5.32 Å². The van der Waals surface area contributed by atoms with Crippen LogP contribution in [0.3, 0.4) is 0 Å². The molecule has 3 aromatic carbocycles. The summed E-state index contributed by atoms with van der Waals surface area (Å²) in [5.41, 5.74) is 2.18. The van der Waals surface area contributed by atoms with Gasteiger partial charge in [-0.2, -0.15) is 0 Å². The molecule has 7 nitrogen and oxygen atoms in total. The summed E-state index contributed by atoms with van der Waals surface area (Å²) in [7, 11) is -1.19. The molecule has 0 atom stereocenters. The minimum atomic E-state index is -4.10. The maximum Gasteiger partial charge on any atom is 0.264 e. The third kappa shape index (κ3) is 7.09. The second-order valence-electron chi connectivity index (χ2n) is 8.03. The topological polar surface area (TPSA) is 84.9 Å². The van der Waals surface area contributed by atoms with Crippen LogP contribution in [0, 0.1) is 13.8 Å². The second-order valence-corrected chi connectivity index (χ2v) is 11.5. The Morgan fingerprint density at radius 2 is 1.58 bits per heavy atom. The lowest BCUT2D eigenvalue weighted by molar-refractivity contribution is -0.119. The largest absolute Gasteiger partial charge is 0.493 e.